The number of amides is 1. The van der Waals surface area contributed by atoms with E-state index < -0.39 is 5.97 Å². The Labute approximate surface area is 176 Å². The highest BCUT2D eigenvalue weighted by molar-refractivity contribution is 7.80. The summed E-state index contributed by atoms with van der Waals surface area (Å²) in [4.78, 5) is 26.4. The van der Waals surface area contributed by atoms with Gasteiger partial charge >= 0.3 is 5.97 Å². The van der Waals surface area contributed by atoms with Crippen LogP contribution in [-0.4, -0.2) is 43.1 Å². The van der Waals surface area contributed by atoms with Crippen LogP contribution >= 0.6 is 46.8 Å². The molecule has 2 N–H and O–H groups in total. The fourth-order valence-electron chi connectivity index (χ4n) is 2.20. The fraction of sp³-hybridized carbons (Fsp3) is 0.235. The van der Waals surface area contributed by atoms with Crippen molar-refractivity contribution in [1.82, 2.24) is 4.90 Å². The molecule has 1 aromatic carbocycles. The highest BCUT2D eigenvalue weighted by atomic mass is 35.5. The van der Waals surface area contributed by atoms with Crippen molar-refractivity contribution < 1.29 is 14.3 Å². The SMILES string of the molecule is COC(=O)c1c(NC(=S)Nc2ccc(Cl)cc2Cl)sc(C(=O)N(C)C)c1C. The van der Waals surface area contributed by atoms with Gasteiger partial charge in [0.05, 0.1) is 28.3 Å². The van der Waals surface area contributed by atoms with E-state index in [0.717, 1.165) is 11.3 Å². The third-order valence-electron chi connectivity index (χ3n) is 3.54. The molecule has 0 aliphatic rings. The zero-order valence-corrected chi connectivity index (χ0v) is 18.1. The number of nitrogens with one attached hydrogen (secondary N) is 2. The maximum atomic E-state index is 12.4. The van der Waals surface area contributed by atoms with Gasteiger partial charge in [-0.2, -0.15) is 0 Å². The van der Waals surface area contributed by atoms with Crippen molar-refractivity contribution in [2.45, 2.75) is 6.92 Å². The lowest BCUT2D eigenvalue weighted by atomic mass is 10.1. The van der Waals surface area contributed by atoms with Gasteiger partial charge in [0.15, 0.2) is 5.11 Å². The van der Waals surface area contributed by atoms with Crippen LogP contribution < -0.4 is 10.6 Å². The van der Waals surface area contributed by atoms with Crippen molar-refractivity contribution in [3.63, 3.8) is 0 Å². The highest BCUT2D eigenvalue weighted by Gasteiger charge is 2.26. The summed E-state index contributed by atoms with van der Waals surface area (Å²) in [6.07, 6.45) is 0. The van der Waals surface area contributed by atoms with Gasteiger partial charge in [-0.15, -0.1) is 11.3 Å². The van der Waals surface area contributed by atoms with E-state index in [4.69, 9.17) is 40.2 Å². The molecule has 0 fully saturated rings. The zero-order valence-electron chi connectivity index (χ0n) is 15.0. The Morgan fingerprint density at radius 2 is 1.89 bits per heavy atom. The van der Waals surface area contributed by atoms with Gasteiger partial charge in [0.1, 0.15) is 5.00 Å². The molecular weight excluding hydrogens is 429 g/mol. The quantitative estimate of drug-likeness (QED) is 0.526. The molecule has 10 heteroatoms. The van der Waals surface area contributed by atoms with Gasteiger partial charge in [0.2, 0.25) is 0 Å². The van der Waals surface area contributed by atoms with Crippen LogP contribution in [0.25, 0.3) is 0 Å². The van der Waals surface area contributed by atoms with Gasteiger partial charge in [-0.25, -0.2) is 4.79 Å². The summed E-state index contributed by atoms with van der Waals surface area (Å²) in [5.74, 6) is -0.772. The number of halogens is 2. The third-order valence-corrected chi connectivity index (χ3v) is 5.49. The molecule has 1 heterocycles. The van der Waals surface area contributed by atoms with E-state index in [2.05, 4.69) is 10.6 Å². The minimum atomic E-state index is -0.559. The Morgan fingerprint density at radius 3 is 2.44 bits per heavy atom. The number of methoxy groups -OCH3 is 1. The normalized spacial score (nSPS) is 10.3. The third kappa shape index (κ3) is 4.90. The molecule has 0 bridgehead atoms. The molecule has 0 spiro atoms. The second-order valence-corrected chi connectivity index (χ2v) is 7.93. The van der Waals surface area contributed by atoms with Gasteiger partial charge in [-0.1, -0.05) is 23.2 Å². The van der Waals surface area contributed by atoms with Crippen LogP contribution in [0, 0.1) is 6.92 Å². The number of thiophene rings is 1. The molecule has 0 atom stereocenters. The van der Waals surface area contributed by atoms with Gasteiger partial charge in [-0.3, -0.25) is 4.79 Å². The molecule has 2 rings (SSSR count). The van der Waals surface area contributed by atoms with Crippen LogP contribution in [0.15, 0.2) is 18.2 Å². The Kier molecular flexibility index (Phi) is 7.05. The first-order chi connectivity index (χ1) is 12.6. The predicted octanol–water partition coefficient (Wildman–Crippen LogP) is 4.66. The summed E-state index contributed by atoms with van der Waals surface area (Å²) in [5.41, 5.74) is 1.34. The first-order valence-electron chi connectivity index (χ1n) is 7.62. The maximum Gasteiger partial charge on any atom is 0.341 e. The second kappa shape index (κ2) is 8.88. The van der Waals surface area contributed by atoms with Crippen molar-refractivity contribution in [2.75, 3.05) is 31.8 Å². The van der Waals surface area contributed by atoms with E-state index >= 15 is 0 Å². The number of esters is 1. The molecule has 0 aliphatic heterocycles. The predicted molar refractivity (Wildman–Crippen MR) is 115 cm³/mol. The smallest absolute Gasteiger partial charge is 0.341 e. The van der Waals surface area contributed by atoms with Crippen molar-refractivity contribution in [2.24, 2.45) is 0 Å². The van der Waals surface area contributed by atoms with Crippen LogP contribution in [0.2, 0.25) is 10.0 Å². The van der Waals surface area contributed by atoms with Gasteiger partial charge in [0, 0.05) is 19.1 Å². The van der Waals surface area contributed by atoms with E-state index in [1.54, 1.807) is 39.2 Å². The van der Waals surface area contributed by atoms with Crippen molar-refractivity contribution in [1.29, 1.82) is 0 Å². The molecule has 27 heavy (non-hydrogen) atoms. The number of benzene rings is 1. The number of rotatable bonds is 4. The minimum Gasteiger partial charge on any atom is -0.465 e. The van der Waals surface area contributed by atoms with E-state index in [9.17, 15) is 9.59 Å². The number of carbonyl (C=O) groups is 2. The van der Waals surface area contributed by atoms with Crippen molar-refractivity contribution in [3.8, 4) is 0 Å². The summed E-state index contributed by atoms with van der Waals surface area (Å²) in [7, 11) is 4.56. The molecule has 1 aromatic heterocycles. The van der Waals surface area contributed by atoms with E-state index in [-0.39, 0.29) is 16.6 Å². The molecule has 144 valence electrons. The molecule has 2 aromatic rings. The van der Waals surface area contributed by atoms with Gasteiger partial charge in [-0.05, 0) is 42.9 Å². The van der Waals surface area contributed by atoms with E-state index in [1.165, 1.54) is 12.0 Å². The van der Waals surface area contributed by atoms with Crippen molar-refractivity contribution in [3.05, 3.63) is 44.2 Å². The number of anilines is 2. The van der Waals surface area contributed by atoms with E-state index in [0.29, 0.717) is 31.2 Å². The van der Waals surface area contributed by atoms with Crippen LogP contribution in [0.1, 0.15) is 25.6 Å². The summed E-state index contributed by atoms with van der Waals surface area (Å²) < 4.78 is 4.85. The fourth-order valence-corrected chi connectivity index (χ4v) is 4.16. The summed E-state index contributed by atoms with van der Waals surface area (Å²) >= 11 is 18.4. The molecular formula is C17H17Cl2N3O3S2. The van der Waals surface area contributed by atoms with Crippen LogP contribution in [0.4, 0.5) is 10.7 Å². The Bertz CT molecular complexity index is 913. The van der Waals surface area contributed by atoms with Crippen molar-refractivity contribution >= 4 is 74.4 Å². The molecule has 0 radical (unpaired) electrons. The molecule has 6 nitrogen and oxygen atoms in total. The number of nitrogens with zero attached hydrogens (tertiary/aromatic N) is 1. The average Bonchev–Trinajstić information content (AvgIpc) is 2.91. The molecule has 0 unspecified atom stereocenters. The Balaban J connectivity index is 2.33. The monoisotopic (exact) mass is 445 g/mol. The maximum absolute atomic E-state index is 12.4. The molecule has 0 aliphatic carbocycles. The highest BCUT2D eigenvalue weighted by Crippen LogP contribution is 2.34. The Hall–Kier alpha value is -1.87. The zero-order chi connectivity index (χ0) is 20.3. The standard InChI is InChI=1S/C17H17Cl2N3O3S2/c1-8-12(16(24)25-4)14(27-13(8)15(23)22(2)3)21-17(26)20-11-6-5-9(18)7-10(11)19/h5-7H,1-4H3,(H2,20,21,26). The summed E-state index contributed by atoms with van der Waals surface area (Å²) in [5, 5.41) is 7.39. The number of hydrogen-bond acceptors (Lipinski definition) is 5. The second-order valence-electron chi connectivity index (χ2n) is 5.65. The van der Waals surface area contributed by atoms with Gasteiger partial charge < -0.3 is 20.3 Å². The molecule has 0 saturated carbocycles. The number of carbonyl (C=O) groups excluding carboxylic acids is 2. The summed E-state index contributed by atoms with van der Waals surface area (Å²) in [6, 6.07) is 4.93. The lowest BCUT2D eigenvalue weighted by molar-refractivity contribution is 0.0601. The lowest BCUT2D eigenvalue weighted by Gasteiger charge is -2.12. The number of hydrogen-bond donors (Lipinski definition) is 2. The van der Waals surface area contributed by atoms with Crippen LogP contribution in [0.3, 0.4) is 0 Å². The average molecular weight is 446 g/mol. The number of ether oxygens (including phenoxy) is 1. The van der Waals surface area contributed by atoms with Gasteiger partial charge in [0.25, 0.3) is 5.91 Å². The molecule has 0 saturated heterocycles. The topological polar surface area (TPSA) is 70.7 Å². The van der Waals surface area contributed by atoms with Crippen LogP contribution in [-0.2, 0) is 4.74 Å². The molecule has 1 amide bonds. The first-order valence-corrected chi connectivity index (χ1v) is 9.60. The largest absolute Gasteiger partial charge is 0.465 e. The lowest BCUT2D eigenvalue weighted by Crippen LogP contribution is -2.21. The minimum absolute atomic E-state index is 0.203. The first kappa shape index (κ1) is 21.4. The van der Waals surface area contributed by atoms with Crippen LogP contribution in [0.5, 0.6) is 0 Å². The summed E-state index contributed by atoms with van der Waals surface area (Å²) in [6.45, 7) is 1.69. The Morgan fingerprint density at radius 1 is 1.22 bits per heavy atom. The van der Waals surface area contributed by atoms with E-state index in [1.807, 2.05) is 0 Å². The number of thiocarbonyl (C=S) groups is 1.